The number of morpholine rings is 1. The molecule has 0 aromatic carbocycles. The summed E-state index contributed by atoms with van der Waals surface area (Å²) in [5.41, 5.74) is 0. The van der Waals surface area contributed by atoms with Gasteiger partial charge in [0.25, 0.3) is 0 Å². The molecule has 2 N–H and O–H groups in total. The minimum Gasteiger partial charge on any atom is -0.382 e. The Hall–Kier alpha value is -0.850. The molecule has 0 bridgehead atoms. The van der Waals surface area contributed by atoms with Crippen molar-refractivity contribution in [2.45, 2.75) is 46.6 Å². The lowest BCUT2D eigenvalue weighted by Crippen LogP contribution is -2.48. The average molecular weight is 343 g/mol. The van der Waals surface area contributed by atoms with Gasteiger partial charge < -0.3 is 20.1 Å². The SMILES string of the molecule is CCNC(=NCC(C(C)C)N1CCOCC1)NCCCCOCC. The topological polar surface area (TPSA) is 58.1 Å². The Labute approximate surface area is 148 Å². The zero-order chi connectivity index (χ0) is 17.6. The van der Waals surface area contributed by atoms with Gasteiger partial charge in [-0.2, -0.15) is 0 Å². The highest BCUT2D eigenvalue weighted by atomic mass is 16.5. The van der Waals surface area contributed by atoms with E-state index in [2.05, 4.69) is 36.3 Å². The van der Waals surface area contributed by atoms with Gasteiger partial charge in [0.05, 0.1) is 19.8 Å². The van der Waals surface area contributed by atoms with Crippen LogP contribution in [0.15, 0.2) is 4.99 Å². The minimum absolute atomic E-state index is 0.474. The molecule has 1 rings (SSSR count). The Kier molecular flexibility index (Phi) is 11.9. The van der Waals surface area contributed by atoms with Gasteiger partial charge in [0.1, 0.15) is 0 Å². The van der Waals surface area contributed by atoms with Crippen LogP contribution in [0, 0.1) is 5.92 Å². The molecule has 0 saturated carbocycles. The maximum Gasteiger partial charge on any atom is 0.191 e. The summed E-state index contributed by atoms with van der Waals surface area (Å²) in [5.74, 6) is 1.51. The highest BCUT2D eigenvalue weighted by Crippen LogP contribution is 2.13. The zero-order valence-electron chi connectivity index (χ0n) is 16.1. The lowest BCUT2D eigenvalue weighted by molar-refractivity contribution is 0.00867. The lowest BCUT2D eigenvalue weighted by Gasteiger charge is -2.36. The lowest BCUT2D eigenvalue weighted by atomic mass is 10.0. The Balaban J connectivity index is 2.42. The summed E-state index contributed by atoms with van der Waals surface area (Å²) in [6.45, 7) is 16.7. The first-order chi connectivity index (χ1) is 11.7. The normalized spacial score (nSPS) is 18.0. The second kappa shape index (κ2) is 13.4. The molecule has 1 heterocycles. The smallest absolute Gasteiger partial charge is 0.191 e. The van der Waals surface area contributed by atoms with Crippen molar-refractivity contribution in [3.8, 4) is 0 Å². The number of rotatable bonds is 11. The molecule has 6 heteroatoms. The van der Waals surface area contributed by atoms with Crippen LogP contribution in [0.2, 0.25) is 0 Å². The van der Waals surface area contributed by atoms with E-state index in [4.69, 9.17) is 14.5 Å². The van der Waals surface area contributed by atoms with Crippen molar-refractivity contribution in [2.75, 3.05) is 59.2 Å². The second-order valence-corrected chi connectivity index (χ2v) is 6.51. The molecule has 1 aliphatic rings. The Morgan fingerprint density at radius 3 is 2.54 bits per heavy atom. The molecule has 1 fully saturated rings. The van der Waals surface area contributed by atoms with Gasteiger partial charge in [0.2, 0.25) is 0 Å². The molecule has 0 amide bonds. The van der Waals surface area contributed by atoms with E-state index in [1.54, 1.807) is 0 Å². The Bertz CT molecular complexity index is 331. The van der Waals surface area contributed by atoms with E-state index in [-0.39, 0.29) is 0 Å². The summed E-state index contributed by atoms with van der Waals surface area (Å²) in [5, 5.41) is 6.78. The number of unbranched alkanes of at least 4 members (excludes halogenated alkanes) is 1. The largest absolute Gasteiger partial charge is 0.382 e. The van der Waals surface area contributed by atoms with Crippen LogP contribution in [-0.2, 0) is 9.47 Å². The van der Waals surface area contributed by atoms with Crippen molar-refractivity contribution in [2.24, 2.45) is 10.9 Å². The van der Waals surface area contributed by atoms with Gasteiger partial charge >= 0.3 is 0 Å². The fourth-order valence-corrected chi connectivity index (χ4v) is 2.86. The summed E-state index contributed by atoms with van der Waals surface area (Å²) in [4.78, 5) is 7.34. The fourth-order valence-electron chi connectivity index (χ4n) is 2.86. The molecule has 1 atom stereocenters. The molecule has 142 valence electrons. The van der Waals surface area contributed by atoms with E-state index < -0.39 is 0 Å². The van der Waals surface area contributed by atoms with Gasteiger partial charge in [0.15, 0.2) is 5.96 Å². The molecule has 0 radical (unpaired) electrons. The molecule has 0 aromatic rings. The molecule has 6 nitrogen and oxygen atoms in total. The second-order valence-electron chi connectivity index (χ2n) is 6.51. The van der Waals surface area contributed by atoms with Crippen molar-refractivity contribution >= 4 is 5.96 Å². The number of ether oxygens (including phenoxy) is 2. The Morgan fingerprint density at radius 2 is 1.92 bits per heavy atom. The molecule has 1 saturated heterocycles. The number of hydrogen-bond acceptors (Lipinski definition) is 4. The molecule has 0 aromatic heterocycles. The maximum atomic E-state index is 5.47. The third-order valence-electron chi connectivity index (χ3n) is 4.28. The van der Waals surface area contributed by atoms with Crippen molar-refractivity contribution < 1.29 is 9.47 Å². The first-order valence-electron chi connectivity index (χ1n) is 9.60. The van der Waals surface area contributed by atoms with Crippen LogP contribution in [0.1, 0.15) is 40.5 Å². The summed E-state index contributed by atoms with van der Waals surface area (Å²) in [6.07, 6.45) is 2.18. The van der Waals surface area contributed by atoms with Crippen molar-refractivity contribution in [3.05, 3.63) is 0 Å². The third kappa shape index (κ3) is 8.85. The molecule has 0 spiro atoms. The van der Waals surface area contributed by atoms with Gasteiger partial charge in [-0.15, -0.1) is 0 Å². The molecular formula is C18H38N4O2. The van der Waals surface area contributed by atoms with Gasteiger partial charge in [-0.1, -0.05) is 13.8 Å². The summed E-state index contributed by atoms with van der Waals surface area (Å²) < 4.78 is 10.8. The molecule has 24 heavy (non-hydrogen) atoms. The van der Waals surface area contributed by atoms with E-state index in [9.17, 15) is 0 Å². The van der Waals surface area contributed by atoms with Crippen LogP contribution in [0.25, 0.3) is 0 Å². The summed E-state index contributed by atoms with van der Waals surface area (Å²) in [6, 6.07) is 0.474. The molecule has 1 unspecified atom stereocenters. The number of nitrogens with zero attached hydrogens (tertiary/aromatic N) is 2. The fraction of sp³-hybridized carbons (Fsp3) is 0.944. The molecular weight excluding hydrogens is 304 g/mol. The van der Waals surface area contributed by atoms with Crippen LogP contribution >= 0.6 is 0 Å². The standard InChI is InChI=1S/C18H38N4O2/c1-5-19-18(20-9-7-8-12-23-6-2)21-15-17(16(3)4)22-10-13-24-14-11-22/h16-17H,5-15H2,1-4H3,(H2,19,20,21). The van der Waals surface area contributed by atoms with Crippen LogP contribution < -0.4 is 10.6 Å². The predicted molar refractivity (Wildman–Crippen MR) is 101 cm³/mol. The quantitative estimate of drug-likeness (QED) is 0.340. The average Bonchev–Trinajstić information content (AvgIpc) is 2.58. The van der Waals surface area contributed by atoms with Gasteiger partial charge in [-0.3, -0.25) is 9.89 Å². The third-order valence-corrected chi connectivity index (χ3v) is 4.28. The predicted octanol–water partition coefficient (Wildman–Crippen LogP) is 1.72. The highest BCUT2D eigenvalue weighted by molar-refractivity contribution is 5.79. The van der Waals surface area contributed by atoms with Crippen molar-refractivity contribution in [1.29, 1.82) is 0 Å². The summed E-state index contributed by atoms with van der Waals surface area (Å²) in [7, 11) is 0. The number of nitrogens with one attached hydrogen (secondary N) is 2. The first kappa shape index (κ1) is 21.2. The van der Waals surface area contributed by atoms with Crippen LogP contribution in [-0.4, -0.2) is 76.1 Å². The number of hydrogen-bond donors (Lipinski definition) is 2. The first-order valence-corrected chi connectivity index (χ1v) is 9.60. The van der Waals surface area contributed by atoms with Crippen LogP contribution in [0.3, 0.4) is 0 Å². The van der Waals surface area contributed by atoms with Crippen LogP contribution in [0.5, 0.6) is 0 Å². The van der Waals surface area contributed by atoms with E-state index in [1.165, 1.54) is 0 Å². The molecule has 1 aliphatic heterocycles. The van der Waals surface area contributed by atoms with E-state index in [1.807, 2.05) is 6.92 Å². The van der Waals surface area contributed by atoms with Crippen molar-refractivity contribution in [3.63, 3.8) is 0 Å². The minimum atomic E-state index is 0.474. The Morgan fingerprint density at radius 1 is 1.17 bits per heavy atom. The zero-order valence-corrected chi connectivity index (χ0v) is 16.1. The van der Waals surface area contributed by atoms with E-state index in [0.717, 1.165) is 78.0 Å². The van der Waals surface area contributed by atoms with Gasteiger partial charge in [-0.05, 0) is 32.6 Å². The number of guanidine groups is 1. The maximum absolute atomic E-state index is 5.47. The van der Waals surface area contributed by atoms with Crippen LogP contribution in [0.4, 0.5) is 0 Å². The molecule has 0 aliphatic carbocycles. The van der Waals surface area contributed by atoms with E-state index in [0.29, 0.717) is 12.0 Å². The highest BCUT2D eigenvalue weighted by Gasteiger charge is 2.23. The number of aliphatic imine (C=N–C) groups is 1. The van der Waals surface area contributed by atoms with Gasteiger partial charge in [-0.25, -0.2) is 0 Å². The van der Waals surface area contributed by atoms with Gasteiger partial charge in [0, 0.05) is 45.4 Å². The monoisotopic (exact) mass is 342 g/mol. The van der Waals surface area contributed by atoms with Crippen molar-refractivity contribution in [1.82, 2.24) is 15.5 Å². The van der Waals surface area contributed by atoms with E-state index >= 15 is 0 Å². The summed E-state index contributed by atoms with van der Waals surface area (Å²) >= 11 is 0.